The fraction of sp³-hybridized carbons (Fsp3) is 0.500. The lowest BCUT2D eigenvalue weighted by molar-refractivity contribution is 0.128. The average Bonchev–Trinajstić information content (AvgIpc) is 2.95. The minimum atomic E-state index is 0.447. The van der Waals surface area contributed by atoms with Gasteiger partial charge in [-0.25, -0.2) is 15.0 Å². The van der Waals surface area contributed by atoms with Crippen LogP contribution in [0.25, 0.3) is 0 Å². The quantitative estimate of drug-likeness (QED) is 0.810. The predicted octanol–water partition coefficient (Wildman–Crippen LogP) is 2.88. The smallest absolute Gasteiger partial charge is 0.156 e. The second-order valence-electron chi connectivity index (χ2n) is 4.33. The largest absolute Gasteiger partial charge is 0.374 e. The van der Waals surface area contributed by atoms with E-state index in [2.05, 4.69) is 27.2 Å². The van der Waals surface area contributed by atoms with E-state index in [9.17, 15) is 0 Å². The molecule has 1 N–H and O–H groups in total. The molecule has 0 aliphatic heterocycles. The van der Waals surface area contributed by atoms with Crippen molar-refractivity contribution in [2.24, 2.45) is 0 Å². The third-order valence-electron chi connectivity index (χ3n) is 2.63. The number of nitrogens with one attached hydrogen (secondary N) is 1. The standard InChI is InChI=1S/C14H20N4OS/c1-3-5-15-12-8-11(9-14-16-6-7-20-14)17-13(18-12)10-19-4-2/h6-8H,3-5,9-10H2,1-2H3,(H,15,17,18). The van der Waals surface area contributed by atoms with E-state index in [-0.39, 0.29) is 0 Å². The highest BCUT2D eigenvalue weighted by molar-refractivity contribution is 7.09. The van der Waals surface area contributed by atoms with Crippen LogP contribution >= 0.6 is 11.3 Å². The summed E-state index contributed by atoms with van der Waals surface area (Å²) in [4.78, 5) is 13.3. The number of rotatable bonds is 8. The summed E-state index contributed by atoms with van der Waals surface area (Å²) in [5, 5.41) is 6.35. The van der Waals surface area contributed by atoms with Crippen LogP contribution in [-0.4, -0.2) is 28.1 Å². The maximum absolute atomic E-state index is 5.40. The van der Waals surface area contributed by atoms with Gasteiger partial charge in [0, 0.05) is 37.2 Å². The van der Waals surface area contributed by atoms with Crippen LogP contribution in [-0.2, 0) is 17.8 Å². The summed E-state index contributed by atoms with van der Waals surface area (Å²) in [6.45, 7) is 6.12. The molecule has 20 heavy (non-hydrogen) atoms. The Labute approximate surface area is 123 Å². The van der Waals surface area contributed by atoms with Gasteiger partial charge in [0.2, 0.25) is 0 Å². The number of ether oxygens (including phenoxy) is 1. The van der Waals surface area contributed by atoms with E-state index < -0.39 is 0 Å². The molecule has 5 nitrogen and oxygen atoms in total. The first kappa shape index (κ1) is 14.9. The summed E-state index contributed by atoms with van der Waals surface area (Å²) in [7, 11) is 0. The second-order valence-corrected chi connectivity index (χ2v) is 5.31. The Morgan fingerprint density at radius 3 is 2.90 bits per heavy atom. The van der Waals surface area contributed by atoms with Crippen LogP contribution in [0.3, 0.4) is 0 Å². The maximum Gasteiger partial charge on any atom is 0.156 e. The van der Waals surface area contributed by atoms with Gasteiger partial charge in [-0.2, -0.15) is 0 Å². The molecular formula is C14H20N4OS. The molecule has 2 aromatic rings. The highest BCUT2D eigenvalue weighted by atomic mass is 32.1. The van der Waals surface area contributed by atoms with Crippen molar-refractivity contribution in [2.75, 3.05) is 18.5 Å². The van der Waals surface area contributed by atoms with Gasteiger partial charge in [0.15, 0.2) is 5.82 Å². The molecule has 0 aliphatic carbocycles. The normalized spacial score (nSPS) is 10.7. The van der Waals surface area contributed by atoms with Crippen LogP contribution in [0.15, 0.2) is 17.6 Å². The molecule has 2 heterocycles. The Bertz CT molecular complexity index is 490. The van der Waals surface area contributed by atoms with Gasteiger partial charge in [-0.15, -0.1) is 11.3 Å². The second kappa shape index (κ2) is 7.91. The van der Waals surface area contributed by atoms with E-state index in [1.165, 1.54) is 0 Å². The molecule has 108 valence electrons. The molecule has 2 aromatic heterocycles. The van der Waals surface area contributed by atoms with Crippen molar-refractivity contribution in [3.8, 4) is 0 Å². The first-order chi connectivity index (χ1) is 9.81. The van der Waals surface area contributed by atoms with Crippen molar-refractivity contribution in [3.63, 3.8) is 0 Å². The van der Waals surface area contributed by atoms with Crippen molar-refractivity contribution in [2.45, 2.75) is 33.3 Å². The molecule has 0 saturated carbocycles. The molecule has 2 rings (SSSR count). The van der Waals surface area contributed by atoms with E-state index >= 15 is 0 Å². The van der Waals surface area contributed by atoms with E-state index in [1.54, 1.807) is 11.3 Å². The molecule has 0 unspecified atom stereocenters. The number of hydrogen-bond donors (Lipinski definition) is 1. The van der Waals surface area contributed by atoms with Crippen molar-refractivity contribution in [3.05, 3.63) is 34.2 Å². The van der Waals surface area contributed by atoms with E-state index in [0.717, 1.165) is 41.7 Å². The molecule has 0 saturated heterocycles. The average molecular weight is 292 g/mol. The zero-order valence-corrected chi connectivity index (χ0v) is 12.7. The molecule has 0 amide bonds. The minimum Gasteiger partial charge on any atom is -0.374 e. The Hall–Kier alpha value is -1.53. The van der Waals surface area contributed by atoms with Crippen molar-refractivity contribution in [1.82, 2.24) is 15.0 Å². The lowest BCUT2D eigenvalue weighted by Gasteiger charge is -2.09. The number of anilines is 1. The molecule has 0 spiro atoms. The lowest BCUT2D eigenvalue weighted by Crippen LogP contribution is -2.08. The third kappa shape index (κ3) is 4.54. The molecule has 0 aliphatic rings. The third-order valence-corrected chi connectivity index (χ3v) is 3.41. The Morgan fingerprint density at radius 1 is 1.30 bits per heavy atom. The maximum atomic E-state index is 5.40. The van der Waals surface area contributed by atoms with E-state index in [0.29, 0.717) is 13.2 Å². The Kier molecular flexibility index (Phi) is 5.88. The number of thiazole rings is 1. The summed E-state index contributed by atoms with van der Waals surface area (Å²) in [6.07, 6.45) is 3.62. The van der Waals surface area contributed by atoms with Gasteiger partial charge in [0.25, 0.3) is 0 Å². The molecule has 0 aromatic carbocycles. The van der Waals surface area contributed by atoms with Gasteiger partial charge in [-0.1, -0.05) is 6.92 Å². The van der Waals surface area contributed by atoms with Crippen LogP contribution in [0.4, 0.5) is 5.82 Å². The lowest BCUT2D eigenvalue weighted by atomic mass is 10.3. The first-order valence-electron chi connectivity index (χ1n) is 6.88. The molecule has 6 heteroatoms. The summed E-state index contributed by atoms with van der Waals surface area (Å²) in [6, 6.07) is 1.99. The van der Waals surface area contributed by atoms with Crippen molar-refractivity contribution in [1.29, 1.82) is 0 Å². The van der Waals surface area contributed by atoms with Crippen LogP contribution in [0.5, 0.6) is 0 Å². The fourth-order valence-electron chi connectivity index (χ4n) is 1.74. The first-order valence-corrected chi connectivity index (χ1v) is 7.76. The summed E-state index contributed by atoms with van der Waals surface area (Å²) in [5.41, 5.74) is 0.975. The monoisotopic (exact) mass is 292 g/mol. The number of aromatic nitrogens is 3. The fourth-order valence-corrected chi connectivity index (χ4v) is 2.37. The van der Waals surface area contributed by atoms with Gasteiger partial charge in [-0.3, -0.25) is 0 Å². The van der Waals surface area contributed by atoms with Gasteiger partial charge in [-0.05, 0) is 13.3 Å². The zero-order valence-electron chi connectivity index (χ0n) is 11.9. The highest BCUT2D eigenvalue weighted by Crippen LogP contribution is 2.14. The Balaban J connectivity index is 2.15. The van der Waals surface area contributed by atoms with Crippen molar-refractivity contribution < 1.29 is 4.74 Å². The van der Waals surface area contributed by atoms with Gasteiger partial charge < -0.3 is 10.1 Å². The van der Waals surface area contributed by atoms with Crippen LogP contribution in [0.2, 0.25) is 0 Å². The van der Waals surface area contributed by atoms with Gasteiger partial charge in [0.1, 0.15) is 12.4 Å². The van der Waals surface area contributed by atoms with Gasteiger partial charge in [0.05, 0.1) is 10.7 Å². The molecule has 0 atom stereocenters. The summed E-state index contributed by atoms with van der Waals surface area (Å²) < 4.78 is 5.40. The summed E-state index contributed by atoms with van der Waals surface area (Å²) in [5.74, 6) is 1.59. The predicted molar refractivity (Wildman–Crippen MR) is 81.1 cm³/mol. The van der Waals surface area contributed by atoms with Gasteiger partial charge >= 0.3 is 0 Å². The number of hydrogen-bond acceptors (Lipinski definition) is 6. The molecule has 0 fully saturated rings. The van der Waals surface area contributed by atoms with Crippen LogP contribution in [0.1, 0.15) is 36.8 Å². The van der Waals surface area contributed by atoms with E-state index in [4.69, 9.17) is 4.74 Å². The number of nitrogens with zero attached hydrogens (tertiary/aromatic N) is 3. The SMILES string of the molecule is CCCNc1cc(Cc2nccs2)nc(COCC)n1. The molecule has 0 radical (unpaired) electrons. The van der Waals surface area contributed by atoms with Crippen LogP contribution < -0.4 is 5.32 Å². The zero-order chi connectivity index (χ0) is 14.2. The van der Waals surface area contributed by atoms with Crippen LogP contribution in [0, 0.1) is 0 Å². The molecular weight excluding hydrogens is 272 g/mol. The highest BCUT2D eigenvalue weighted by Gasteiger charge is 2.07. The van der Waals surface area contributed by atoms with Crippen molar-refractivity contribution >= 4 is 17.2 Å². The Morgan fingerprint density at radius 2 is 2.20 bits per heavy atom. The summed E-state index contributed by atoms with van der Waals surface area (Å²) >= 11 is 1.64. The molecule has 0 bridgehead atoms. The topological polar surface area (TPSA) is 59.9 Å². The van der Waals surface area contributed by atoms with E-state index in [1.807, 2.05) is 24.6 Å². The minimum absolute atomic E-state index is 0.447.